The molecule has 2 aromatic rings. The van der Waals surface area contributed by atoms with Gasteiger partial charge in [-0.15, -0.1) is 0 Å². The molecule has 0 radical (unpaired) electrons. The predicted octanol–water partition coefficient (Wildman–Crippen LogP) is 3.45. The topological polar surface area (TPSA) is 57.9 Å². The molecule has 108 valence electrons. The van der Waals surface area contributed by atoms with Crippen LogP contribution in [0.3, 0.4) is 0 Å². The van der Waals surface area contributed by atoms with Crippen molar-refractivity contribution in [3.8, 4) is 11.8 Å². The van der Waals surface area contributed by atoms with E-state index in [1.807, 2.05) is 51.1 Å². The normalized spacial score (nSPS) is 11.5. The summed E-state index contributed by atoms with van der Waals surface area (Å²) in [5.74, 6) is 1.45. The van der Waals surface area contributed by atoms with E-state index in [0.29, 0.717) is 18.0 Å². The first kappa shape index (κ1) is 14.9. The summed E-state index contributed by atoms with van der Waals surface area (Å²) < 4.78 is 5.73. The smallest absolute Gasteiger partial charge is 0.144 e. The summed E-state index contributed by atoms with van der Waals surface area (Å²) >= 11 is 0. The number of ether oxygens (including phenoxy) is 1. The molecule has 1 N–H and O–H groups in total. The molecule has 1 aromatic heterocycles. The fourth-order valence-corrected chi connectivity index (χ4v) is 1.89. The van der Waals surface area contributed by atoms with E-state index in [1.165, 1.54) is 5.56 Å². The quantitative estimate of drug-likeness (QED) is 0.912. The monoisotopic (exact) mass is 281 g/mol. The number of anilines is 1. The number of hydrogen-bond acceptors (Lipinski definition) is 4. The summed E-state index contributed by atoms with van der Waals surface area (Å²) in [4.78, 5) is 4.36. The molecule has 21 heavy (non-hydrogen) atoms. The molecule has 0 saturated heterocycles. The highest BCUT2D eigenvalue weighted by molar-refractivity contribution is 5.52. The van der Waals surface area contributed by atoms with Crippen molar-refractivity contribution < 1.29 is 4.74 Å². The molecular weight excluding hydrogens is 262 g/mol. The lowest BCUT2D eigenvalue weighted by Gasteiger charge is -2.16. The molecule has 1 unspecified atom stereocenters. The Morgan fingerprint density at radius 2 is 1.90 bits per heavy atom. The number of benzene rings is 1. The van der Waals surface area contributed by atoms with Crippen molar-refractivity contribution in [3.05, 3.63) is 53.2 Å². The Morgan fingerprint density at radius 1 is 1.19 bits per heavy atom. The molecule has 1 atom stereocenters. The fraction of sp³-hybridized carbons (Fsp3) is 0.294. The van der Waals surface area contributed by atoms with Gasteiger partial charge in [-0.1, -0.05) is 17.7 Å². The molecule has 4 nitrogen and oxygen atoms in total. The van der Waals surface area contributed by atoms with E-state index in [-0.39, 0.29) is 6.04 Å². The van der Waals surface area contributed by atoms with Crippen molar-refractivity contribution >= 4 is 5.82 Å². The maximum absolute atomic E-state index is 9.09. The third kappa shape index (κ3) is 4.22. The summed E-state index contributed by atoms with van der Waals surface area (Å²) in [5, 5.41) is 12.3. The first-order valence-electron chi connectivity index (χ1n) is 6.92. The largest absolute Gasteiger partial charge is 0.491 e. The van der Waals surface area contributed by atoms with E-state index >= 15 is 0 Å². The van der Waals surface area contributed by atoms with Crippen LogP contribution in [0.5, 0.6) is 5.75 Å². The van der Waals surface area contributed by atoms with Crippen LogP contribution >= 0.6 is 0 Å². The van der Waals surface area contributed by atoms with E-state index in [0.717, 1.165) is 11.4 Å². The second-order valence-electron chi connectivity index (χ2n) is 5.13. The molecule has 0 aliphatic heterocycles. The van der Waals surface area contributed by atoms with Gasteiger partial charge in [0.2, 0.25) is 0 Å². The van der Waals surface area contributed by atoms with Crippen LogP contribution in [-0.2, 0) is 0 Å². The zero-order valence-electron chi connectivity index (χ0n) is 12.6. The zero-order valence-corrected chi connectivity index (χ0v) is 12.6. The van der Waals surface area contributed by atoms with Crippen molar-refractivity contribution in [2.24, 2.45) is 0 Å². The minimum absolute atomic E-state index is 0.0488. The van der Waals surface area contributed by atoms with E-state index in [9.17, 15) is 0 Å². The number of nitrogens with zero attached hydrogens (tertiary/aromatic N) is 2. The van der Waals surface area contributed by atoms with Crippen molar-refractivity contribution in [2.75, 3.05) is 11.9 Å². The lowest BCUT2D eigenvalue weighted by Crippen LogP contribution is -2.24. The van der Waals surface area contributed by atoms with Crippen LogP contribution < -0.4 is 10.1 Å². The molecule has 0 spiro atoms. The van der Waals surface area contributed by atoms with Crippen LogP contribution in [-0.4, -0.2) is 17.6 Å². The van der Waals surface area contributed by atoms with Gasteiger partial charge < -0.3 is 10.1 Å². The molecule has 0 fully saturated rings. The van der Waals surface area contributed by atoms with Gasteiger partial charge in [-0.05, 0) is 45.0 Å². The Kier molecular flexibility index (Phi) is 4.78. The Labute approximate surface area is 125 Å². The lowest BCUT2D eigenvalue weighted by molar-refractivity contribution is 0.303. The fourth-order valence-electron chi connectivity index (χ4n) is 1.89. The first-order valence-corrected chi connectivity index (χ1v) is 6.92. The van der Waals surface area contributed by atoms with Gasteiger partial charge in [0.05, 0.1) is 11.6 Å². The van der Waals surface area contributed by atoms with E-state index in [1.54, 1.807) is 6.07 Å². The van der Waals surface area contributed by atoms with E-state index in [2.05, 4.69) is 16.4 Å². The zero-order chi connectivity index (χ0) is 15.2. The number of aromatic nitrogens is 1. The number of hydrogen-bond donors (Lipinski definition) is 1. The van der Waals surface area contributed by atoms with E-state index in [4.69, 9.17) is 10.00 Å². The Morgan fingerprint density at radius 3 is 2.57 bits per heavy atom. The Bertz CT molecular complexity index is 644. The van der Waals surface area contributed by atoms with Crippen LogP contribution in [0.15, 0.2) is 36.4 Å². The second-order valence-corrected chi connectivity index (χ2v) is 5.13. The van der Waals surface area contributed by atoms with Gasteiger partial charge in [-0.3, -0.25) is 0 Å². The van der Waals surface area contributed by atoms with Gasteiger partial charge in [-0.25, -0.2) is 4.98 Å². The summed E-state index contributed by atoms with van der Waals surface area (Å²) in [5.41, 5.74) is 2.63. The summed E-state index contributed by atoms with van der Waals surface area (Å²) in [6.45, 7) is 6.45. The van der Waals surface area contributed by atoms with Crippen molar-refractivity contribution in [3.63, 3.8) is 0 Å². The molecule has 0 aliphatic carbocycles. The van der Waals surface area contributed by atoms with E-state index < -0.39 is 0 Å². The van der Waals surface area contributed by atoms with Gasteiger partial charge in [0.15, 0.2) is 0 Å². The minimum atomic E-state index is 0.0488. The maximum atomic E-state index is 9.09. The Balaban J connectivity index is 1.96. The number of aryl methyl sites for hydroxylation is 2. The third-order valence-electron chi connectivity index (χ3n) is 3.06. The number of pyridine rings is 1. The number of nitriles is 1. The second kappa shape index (κ2) is 6.76. The predicted molar refractivity (Wildman–Crippen MR) is 83.4 cm³/mol. The Hall–Kier alpha value is -2.54. The molecule has 1 aromatic carbocycles. The molecular formula is C17H19N3O. The average Bonchev–Trinajstić information content (AvgIpc) is 2.47. The van der Waals surface area contributed by atoms with Crippen LogP contribution in [0, 0.1) is 25.2 Å². The highest BCUT2D eigenvalue weighted by Crippen LogP contribution is 2.15. The van der Waals surface area contributed by atoms with Crippen LogP contribution in [0.2, 0.25) is 0 Å². The SMILES string of the molecule is Cc1ccc(OCC(C)Nc2nc(C)ccc2C#N)cc1. The number of nitrogens with one attached hydrogen (secondary N) is 1. The molecule has 4 heteroatoms. The van der Waals surface area contributed by atoms with Crippen LogP contribution in [0.4, 0.5) is 5.82 Å². The van der Waals surface area contributed by atoms with Crippen molar-refractivity contribution in [1.29, 1.82) is 5.26 Å². The average molecular weight is 281 g/mol. The summed E-state index contributed by atoms with van der Waals surface area (Å²) in [7, 11) is 0. The van der Waals surface area contributed by atoms with Gasteiger partial charge in [-0.2, -0.15) is 5.26 Å². The molecule has 1 heterocycles. The third-order valence-corrected chi connectivity index (χ3v) is 3.06. The molecule has 0 bridgehead atoms. The first-order chi connectivity index (χ1) is 10.1. The minimum Gasteiger partial charge on any atom is -0.491 e. The highest BCUT2D eigenvalue weighted by Gasteiger charge is 2.09. The molecule has 0 saturated carbocycles. The molecule has 2 rings (SSSR count). The van der Waals surface area contributed by atoms with Gasteiger partial charge in [0.25, 0.3) is 0 Å². The van der Waals surface area contributed by atoms with Crippen LogP contribution in [0.25, 0.3) is 0 Å². The molecule has 0 aliphatic rings. The van der Waals surface area contributed by atoms with Crippen molar-refractivity contribution in [2.45, 2.75) is 26.8 Å². The maximum Gasteiger partial charge on any atom is 0.144 e. The number of rotatable bonds is 5. The summed E-state index contributed by atoms with van der Waals surface area (Å²) in [6, 6.07) is 13.7. The van der Waals surface area contributed by atoms with Gasteiger partial charge in [0, 0.05) is 5.69 Å². The highest BCUT2D eigenvalue weighted by atomic mass is 16.5. The van der Waals surface area contributed by atoms with Gasteiger partial charge in [0.1, 0.15) is 24.2 Å². The van der Waals surface area contributed by atoms with Crippen molar-refractivity contribution in [1.82, 2.24) is 4.98 Å². The standard InChI is InChI=1S/C17H19N3O/c1-12-4-8-16(9-5-12)21-11-14(3)20-17-15(10-18)7-6-13(2)19-17/h4-9,14H,11H2,1-3H3,(H,19,20). The van der Waals surface area contributed by atoms with Crippen LogP contribution in [0.1, 0.15) is 23.7 Å². The molecule has 0 amide bonds. The van der Waals surface area contributed by atoms with Gasteiger partial charge >= 0.3 is 0 Å². The summed E-state index contributed by atoms with van der Waals surface area (Å²) in [6.07, 6.45) is 0. The lowest BCUT2D eigenvalue weighted by atomic mass is 10.2.